The van der Waals surface area contributed by atoms with E-state index in [0.29, 0.717) is 22.8 Å². The summed E-state index contributed by atoms with van der Waals surface area (Å²) in [5, 5.41) is 4.21. The highest BCUT2D eigenvalue weighted by atomic mass is 35.5. The highest BCUT2D eigenvalue weighted by Crippen LogP contribution is 2.37. The van der Waals surface area contributed by atoms with Crippen LogP contribution in [-0.2, 0) is 32.1 Å². The highest BCUT2D eigenvalue weighted by Gasteiger charge is 2.28. The van der Waals surface area contributed by atoms with E-state index in [1.807, 2.05) is 39.0 Å². The Kier molecular flexibility index (Phi) is 9.34. The lowest BCUT2D eigenvalue weighted by atomic mass is 10.0. The number of piperidine rings is 1. The zero-order valence-electron chi connectivity index (χ0n) is 22.2. The van der Waals surface area contributed by atoms with Crippen LogP contribution in [0.3, 0.4) is 0 Å². The van der Waals surface area contributed by atoms with E-state index in [9.17, 15) is 14.4 Å². The number of rotatable bonds is 8. The number of halogens is 1. The summed E-state index contributed by atoms with van der Waals surface area (Å²) in [6.45, 7) is 8.06. The standard InChI is InChI=1S/C30H35ClN2O4S/c1-30(2,3)37-27(35)14-13-20-9-11-21(12-10-20)18-32-23-7-5-15-33(19-23)29-22(6-4-8-24(29)31)16-26-25(34)17-28(36)38-26/h4,6,8-12,16,23,32H,5,7,13-15,17-19H2,1-3H3/b26-16-/t23-/m1/s1. The first kappa shape index (κ1) is 28.4. The molecule has 0 amide bonds. The molecule has 8 heteroatoms. The van der Waals surface area contributed by atoms with Crippen LogP contribution in [0.25, 0.3) is 6.08 Å². The predicted octanol–water partition coefficient (Wildman–Crippen LogP) is 5.95. The minimum Gasteiger partial charge on any atom is -0.460 e. The lowest BCUT2D eigenvalue weighted by molar-refractivity contribution is -0.154. The van der Waals surface area contributed by atoms with Crippen molar-refractivity contribution in [3.63, 3.8) is 0 Å². The second-order valence-electron chi connectivity index (χ2n) is 10.8. The van der Waals surface area contributed by atoms with Crippen LogP contribution in [0.15, 0.2) is 47.4 Å². The molecule has 6 nitrogen and oxygen atoms in total. The van der Waals surface area contributed by atoms with Gasteiger partial charge in [0.1, 0.15) is 5.60 Å². The van der Waals surface area contributed by atoms with E-state index in [2.05, 4.69) is 34.5 Å². The largest absolute Gasteiger partial charge is 0.460 e. The van der Waals surface area contributed by atoms with Crippen molar-refractivity contribution in [1.29, 1.82) is 0 Å². The zero-order valence-corrected chi connectivity index (χ0v) is 23.8. The fourth-order valence-electron chi connectivity index (χ4n) is 4.74. The average Bonchev–Trinajstić information content (AvgIpc) is 3.17. The lowest BCUT2D eigenvalue weighted by Gasteiger charge is -2.36. The monoisotopic (exact) mass is 554 g/mol. The number of para-hydroxylation sites is 1. The minimum absolute atomic E-state index is 0.0349. The number of aryl methyl sites for hydroxylation is 1. The molecule has 4 rings (SSSR count). The van der Waals surface area contributed by atoms with Gasteiger partial charge in [-0.1, -0.05) is 48.0 Å². The Morgan fingerprint density at radius 3 is 2.58 bits per heavy atom. The summed E-state index contributed by atoms with van der Waals surface area (Å²) in [5.74, 6) is -0.301. The second-order valence-corrected chi connectivity index (χ2v) is 12.3. The van der Waals surface area contributed by atoms with E-state index < -0.39 is 5.60 Å². The first-order valence-corrected chi connectivity index (χ1v) is 14.3. The third kappa shape index (κ3) is 7.95. The first-order valence-electron chi connectivity index (χ1n) is 13.1. The van der Waals surface area contributed by atoms with Gasteiger partial charge in [0.2, 0.25) is 5.12 Å². The predicted molar refractivity (Wildman–Crippen MR) is 154 cm³/mol. The van der Waals surface area contributed by atoms with Crippen molar-refractivity contribution < 1.29 is 19.1 Å². The number of nitrogens with one attached hydrogen (secondary N) is 1. The number of carbonyl (C=O) groups is 3. The number of nitrogens with zero attached hydrogens (tertiary/aromatic N) is 1. The first-order chi connectivity index (χ1) is 18.1. The van der Waals surface area contributed by atoms with Crippen LogP contribution in [0.2, 0.25) is 5.02 Å². The number of anilines is 1. The maximum atomic E-state index is 12.2. The Labute approximate surface area is 234 Å². The molecule has 0 aromatic heterocycles. The van der Waals surface area contributed by atoms with Crippen molar-refractivity contribution in [3.8, 4) is 0 Å². The Balaban J connectivity index is 1.34. The molecule has 2 saturated heterocycles. The molecule has 0 saturated carbocycles. The fraction of sp³-hybridized carbons (Fsp3) is 0.433. The summed E-state index contributed by atoms with van der Waals surface area (Å²) < 4.78 is 5.39. The topological polar surface area (TPSA) is 75.7 Å². The number of thioether (sulfide) groups is 1. The van der Waals surface area contributed by atoms with Gasteiger partial charge in [0, 0.05) is 37.7 Å². The molecular weight excluding hydrogens is 520 g/mol. The smallest absolute Gasteiger partial charge is 0.306 e. The van der Waals surface area contributed by atoms with Crippen LogP contribution in [0.1, 0.15) is 63.1 Å². The van der Waals surface area contributed by atoms with E-state index in [1.54, 1.807) is 6.08 Å². The minimum atomic E-state index is -0.458. The van der Waals surface area contributed by atoms with Gasteiger partial charge >= 0.3 is 5.97 Å². The van der Waals surface area contributed by atoms with Crippen LogP contribution in [0.5, 0.6) is 0 Å². The van der Waals surface area contributed by atoms with Gasteiger partial charge in [-0.15, -0.1) is 0 Å². The van der Waals surface area contributed by atoms with Crippen molar-refractivity contribution in [2.24, 2.45) is 0 Å². The molecular formula is C30H35ClN2O4S. The van der Waals surface area contributed by atoms with Crippen molar-refractivity contribution in [2.45, 2.75) is 71.1 Å². The molecule has 202 valence electrons. The summed E-state index contributed by atoms with van der Waals surface area (Å²) in [6.07, 6.45) is 4.89. The van der Waals surface area contributed by atoms with E-state index in [0.717, 1.165) is 61.1 Å². The van der Waals surface area contributed by atoms with Crippen LogP contribution >= 0.6 is 23.4 Å². The summed E-state index contributed by atoms with van der Waals surface area (Å²) in [4.78, 5) is 38.6. The van der Waals surface area contributed by atoms with Crippen LogP contribution in [-0.4, -0.2) is 41.6 Å². The number of hydrogen-bond donors (Lipinski definition) is 1. The number of carbonyl (C=O) groups excluding carboxylic acids is 3. The summed E-state index contributed by atoms with van der Waals surface area (Å²) in [7, 11) is 0. The molecule has 2 aromatic rings. The number of hydrogen-bond acceptors (Lipinski definition) is 7. The molecule has 1 N–H and O–H groups in total. The molecule has 0 radical (unpaired) electrons. The Morgan fingerprint density at radius 1 is 1.16 bits per heavy atom. The van der Waals surface area contributed by atoms with Crippen LogP contribution < -0.4 is 10.2 Å². The van der Waals surface area contributed by atoms with Gasteiger partial charge in [0.15, 0.2) is 5.78 Å². The normalized spacial score (nSPS) is 19.3. The zero-order chi connectivity index (χ0) is 27.3. The van der Waals surface area contributed by atoms with E-state index in [-0.39, 0.29) is 29.3 Å². The lowest BCUT2D eigenvalue weighted by Crippen LogP contribution is -2.45. The molecule has 2 fully saturated rings. The second kappa shape index (κ2) is 12.5. The summed E-state index contributed by atoms with van der Waals surface area (Å²) in [5.41, 5.74) is 3.62. The van der Waals surface area contributed by atoms with Crippen LogP contribution in [0.4, 0.5) is 5.69 Å². The van der Waals surface area contributed by atoms with Crippen molar-refractivity contribution in [1.82, 2.24) is 5.32 Å². The van der Waals surface area contributed by atoms with E-state index >= 15 is 0 Å². The fourth-order valence-corrected chi connectivity index (χ4v) is 5.86. The number of ether oxygens (including phenoxy) is 1. The molecule has 0 spiro atoms. The Bertz CT molecular complexity index is 1220. The van der Waals surface area contributed by atoms with E-state index in [4.69, 9.17) is 16.3 Å². The highest BCUT2D eigenvalue weighted by molar-refractivity contribution is 8.18. The van der Waals surface area contributed by atoms with Crippen molar-refractivity contribution in [2.75, 3.05) is 18.0 Å². The number of allylic oxidation sites excluding steroid dienone is 1. The van der Waals surface area contributed by atoms with Crippen molar-refractivity contribution in [3.05, 3.63) is 69.1 Å². The number of Topliss-reactive ketones (excluding diaryl/α,β-unsaturated/α-hetero) is 1. The third-order valence-electron chi connectivity index (χ3n) is 6.50. The van der Waals surface area contributed by atoms with Gasteiger partial charge in [0.05, 0.1) is 22.0 Å². The van der Waals surface area contributed by atoms with Gasteiger partial charge in [-0.05, 0) is 75.1 Å². The number of esters is 1. The maximum absolute atomic E-state index is 12.2. The van der Waals surface area contributed by atoms with Crippen molar-refractivity contribution >= 4 is 52.0 Å². The van der Waals surface area contributed by atoms with Crippen LogP contribution in [0, 0.1) is 0 Å². The summed E-state index contributed by atoms with van der Waals surface area (Å²) in [6, 6.07) is 14.3. The molecule has 38 heavy (non-hydrogen) atoms. The third-order valence-corrected chi connectivity index (χ3v) is 7.74. The molecule has 2 aliphatic heterocycles. The molecule has 0 unspecified atom stereocenters. The van der Waals surface area contributed by atoms with Gasteiger partial charge in [0.25, 0.3) is 0 Å². The quantitative estimate of drug-likeness (QED) is 0.245. The van der Waals surface area contributed by atoms with Gasteiger partial charge < -0.3 is 15.0 Å². The molecule has 2 aliphatic rings. The molecule has 0 aliphatic carbocycles. The molecule has 0 bridgehead atoms. The Morgan fingerprint density at radius 2 is 1.89 bits per heavy atom. The number of benzene rings is 2. The number of ketones is 1. The average molecular weight is 555 g/mol. The maximum Gasteiger partial charge on any atom is 0.306 e. The molecule has 2 heterocycles. The van der Waals surface area contributed by atoms with Gasteiger partial charge in [-0.25, -0.2) is 0 Å². The summed E-state index contributed by atoms with van der Waals surface area (Å²) >= 11 is 7.67. The van der Waals surface area contributed by atoms with Gasteiger partial charge in [-0.3, -0.25) is 14.4 Å². The van der Waals surface area contributed by atoms with E-state index in [1.165, 1.54) is 5.56 Å². The SMILES string of the molecule is CC(C)(C)OC(=O)CCc1ccc(CN[C@@H]2CCCN(c3c(Cl)cccc3/C=C3\SC(=O)CC3=O)C2)cc1. The Hall–Kier alpha value is -2.61. The molecule has 1 atom stereocenters. The van der Waals surface area contributed by atoms with Gasteiger partial charge in [-0.2, -0.15) is 0 Å². The molecule has 2 aromatic carbocycles.